The van der Waals surface area contributed by atoms with Gasteiger partial charge in [0, 0.05) is 11.4 Å². The van der Waals surface area contributed by atoms with Gasteiger partial charge in [-0.3, -0.25) is 9.36 Å². The first-order chi connectivity index (χ1) is 14.5. The van der Waals surface area contributed by atoms with E-state index in [1.807, 2.05) is 25.1 Å². The number of benzene rings is 1. The van der Waals surface area contributed by atoms with Crippen molar-refractivity contribution in [1.29, 1.82) is 5.26 Å². The third kappa shape index (κ3) is 3.80. The molecule has 0 aliphatic heterocycles. The summed E-state index contributed by atoms with van der Waals surface area (Å²) in [5.74, 6) is 1.34. The number of aryl methyl sites for hydroxylation is 3. The molecule has 1 aromatic carbocycles. The van der Waals surface area contributed by atoms with E-state index in [2.05, 4.69) is 6.07 Å². The lowest BCUT2D eigenvalue weighted by molar-refractivity contribution is 0.354. The van der Waals surface area contributed by atoms with Crippen LogP contribution in [0, 0.1) is 11.3 Å². The monoisotopic (exact) mass is 441 g/mol. The van der Waals surface area contributed by atoms with Crippen LogP contribution in [-0.2, 0) is 25.8 Å². The average molecular weight is 442 g/mol. The number of thiophene rings is 1. The second-order valence-corrected chi connectivity index (χ2v) is 9.61. The SMILES string of the molecule is COc1ccc(CCn2c(SC(C)C#N)nc3sc4c(c3c2=O)CCC4)cc1OC. The third-order valence-electron chi connectivity index (χ3n) is 5.33. The van der Waals surface area contributed by atoms with Gasteiger partial charge < -0.3 is 9.47 Å². The van der Waals surface area contributed by atoms with Gasteiger partial charge in [0.25, 0.3) is 5.56 Å². The summed E-state index contributed by atoms with van der Waals surface area (Å²) in [4.78, 5) is 20.4. The van der Waals surface area contributed by atoms with Crippen LogP contribution in [0.25, 0.3) is 10.2 Å². The topological polar surface area (TPSA) is 77.1 Å². The number of rotatable bonds is 7. The van der Waals surface area contributed by atoms with Gasteiger partial charge in [0.05, 0.1) is 30.9 Å². The summed E-state index contributed by atoms with van der Waals surface area (Å²) >= 11 is 2.97. The highest BCUT2D eigenvalue weighted by molar-refractivity contribution is 8.00. The van der Waals surface area contributed by atoms with Crippen LogP contribution < -0.4 is 15.0 Å². The number of methoxy groups -OCH3 is 2. The molecule has 0 saturated heterocycles. The lowest BCUT2D eigenvalue weighted by Gasteiger charge is -2.14. The Bertz CT molecular complexity index is 1190. The van der Waals surface area contributed by atoms with E-state index in [1.165, 1.54) is 22.2 Å². The van der Waals surface area contributed by atoms with Gasteiger partial charge >= 0.3 is 0 Å². The summed E-state index contributed by atoms with van der Waals surface area (Å²) in [7, 11) is 3.22. The zero-order chi connectivity index (χ0) is 21.3. The van der Waals surface area contributed by atoms with Gasteiger partial charge in [0.1, 0.15) is 4.83 Å². The van der Waals surface area contributed by atoms with E-state index >= 15 is 0 Å². The molecule has 1 aliphatic rings. The molecular formula is C22H23N3O3S2. The molecule has 30 heavy (non-hydrogen) atoms. The van der Waals surface area contributed by atoms with Crippen molar-refractivity contribution >= 4 is 33.3 Å². The molecule has 0 fully saturated rings. The normalized spacial score (nSPS) is 13.8. The van der Waals surface area contributed by atoms with Crippen LogP contribution in [0.2, 0.25) is 0 Å². The van der Waals surface area contributed by atoms with Crippen molar-refractivity contribution in [3.8, 4) is 17.6 Å². The van der Waals surface area contributed by atoms with Gasteiger partial charge in [0.15, 0.2) is 16.7 Å². The minimum absolute atomic E-state index is 0.00696. The quantitative estimate of drug-likeness (QED) is 0.404. The molecule has 1 atom stereocenters. The molecule has 156 valence electrons. The van der Waals surface area contributed by atoms with E-state index in [1.54, 1.807) is 30.1 Å². The third-order valence-corrected chi connectivity index (χ3v) is 7.49. The zero-order valence-corrected chi connectivity index (χ0v) is 18.9. The summed E-state index contributed by atoms with van der Waals surface area (Å²) < 4.78 is 12.4. The summed E-state index contributed by atoms with van der Waals surface area (Å²) in [6, 6.07) is 8.01. The highest BCUT2D eigenvalue weighted by atomic mass is 32.2. The smallest absolute Gasteiger partial charge is 0.263 e. The number of thioether (sulfide) groups is 1. The van der Waals surface area contributed by atoms with E-state index < -0.39 is 0 Å². The number of ether oxygens (including phenoxy) is 2. The molecule has 3 aromatic rings. The molecule has 8 heteroatoms. The van der Waals surface area contributed by atoms with Crippen molar-refractivity contribution in [2.75, 3.05) is 14.2 Å². The average Bonchev–Trinajstić information content (AvgIpc) is 3.33. The van der Waals surface area contributed by atoms with Crippen molar-refractivity contribution in [2.24, 2.45) is 0 Å². The lowest BCUT2D eigenvalue weighted by atomic mass is 10.1. The Hall–Kier alpha value is -2.50. The molecular weight excluding hydrogens is 418 g/mol. The maximum atomic E-state index is 13.5. The number of aromatic nitrogens is 2. The minimum atomic E-state index is -0.284. The van der Waals surface area contributed by atoms with Gasteiger partial charge in [-0.2, -0.15) is 5.26 Å². The molecule has 0 amide bonds. The minimum Gasteiger partial charge on any atom is -0.493 e. The van der Waals surface area contributed by atoms with Crippen molar-refractivity contribution in [3.63, 3.8) is 0 Å². The fraction of sp³-hybridized carbons (Fsp3) is 0.409. The Morgan fingerprint density at radius 2 is 2.10 bits per heavy atom. The van der Waals surface area contributed by atoms with Crippen molar-refractivity contribution < 1.29 is 9.47 Å². The van der Waals surface area contributed by atoms with Crippen LogP contribution in [0.4, 0.5) is 0 Å². The molecule has 0 spiro atoms. The van der Waals surface area contributed by atoms with Crippen LogP contribution in [-0.4, -0.2) is 29.0 Å². The first-order valence-corrected chi connectivity index (χ1v) is 11.6. The van der Waals surface area contributed by atoms with Gasteiger partial charge in [-0.15, -0.1) is 11.3 Å². The molecule has 1 unspecified atom stereocenters. The number of hydrogen-bond acceptors (Lipinski definition) is 7. The van der Waals surface area contributed by atoms with Gasteiger partial charge in [-0.1, -0.05) is 17.8 Å². The molecule has 2 aromatic heterocycles. The van der Waals surface area contributed by atoms with Crippen molar-refractivity contribution in [1.82, 2.24) is 9.55 Å². The predicted molar refractivity (Wildman–Crippen MR) is 120 cm³/mol. The molecule has 2 heterocycles. The van der Waals surface area contributed by atoms with E-state index in [0.717, 1.165) is 35.0 Å². The molecule has 0 N–H and O–H groups in total. The summed E-state index contributed by atoms with van der Waals surface area (Å²) in [5, 5.41) is 10.4. The Morgan fingerprint density at radius 1 is 1.30 bits per heavy atom. The standard InChI is InChI=1S/C22H23N3O3S2/c1-13(12-23)29-22-24-20-19(15-5-4-6-18(15)30-20)21(26)25(22)10-9-14-7-8-16(27-2)17(11-14)28-3/h7-8,11,13H,4-6,9-10H2,1-3H3. The Kier molecular flexibility index (Phi) is 6.02. The van der Waals surface area contributed by atoms with Crippen molar-refractivity contribution in [3.05, 3.63) is 44.6 Å². The molecule has 0 saturated carbocycles. The van der Waals surface area contributed by atoms with Gasteiger partial charge in [0.2, 0.25) is 0 Å². The molecule has 4 rings (SSSR count). The van der Waals surface area contributed by atoms with Gasteiger partial charge in [-0.25, -0.2) is 4.98 Å². The van der Waals surface area contributed by atoms with Crippen LogP contribution in [0.15, 0.2) is 28.2 Å². The van der Waals surface area contributed by atoms with Gasteiger partial charge in [-0.05, 0) is 55.9 Å². The number of nitrogens with zero attached hydrogens (tertiary/aromatic N) is 3. The van der Waals surface area contributed by atoms with Crippen LogP contribution in [0.1, 0.15) is 29.3 Å². The van der Waals surface area contributed by atoms with Crippen LogP contribution in [0.5, 0.6) is 11.5 Å². The first kappa shape index (κ1) is 20.8. The second-order valence-electron chi connectivity index (χ2n) is 7.22. The molecule has 0 radical (unpaired) electrons. The predicted octanol–water partition coefficient (Wildman–Crippen LogP) is 4.21. The molecule has 0 bridgehead atoms. The van der Waals surface area contributed by atoms with E-state index in [-0.39, 0.29) is 10.8 Å². The largest absolute Gasteiger partial charge is 0.493 e. The van der Waals surface area contributed by atoms with Crippen molar-refractivity contribution in [2.45, 2.75) is 49.6 Å². The van der Waals surface area contributed by atoms with E-state index in [9.17, 15) is 10.1 Å². The summed E-state index contributed by atoms with van der Waals surface area (Å²) in [6.07, 6.45) is 3.72. The van der Waals surface area contributed by atoms with Crippen LogP contribution >= 0.6 is 23.1 Å². The summed E-state index contributed by atoms with van der Waals surface area (Å²) in [5.41, 5.74) is 2.23. The number of fused-ring (bicyclic) bond motifs is 3. The lowest BCUT2D eigenvalue weighted by Crippen LogP contribution is -2.25. The summed E-state index contributed by atoms with van der Waals surface area (Å²) in [6.45, 7) is 2.32. The highest BCUT2D eigenvalue weighted by Crippen LogP contribution is 2.36. The number of nitriles is 1. The van der Waals surface area contributed by atoms with E-state index in [0.29, 0.717) is 29.6 Å². The molecule has 1 aliphatic carbocycles. The molecule has 6 nitrogen and oxygen atoms in total. The Balaban J connectivity index is 1.73. The Morgan fingerprint density at radius 3 is 2.83 bits per heavy atom. The fourth-order valence-corrected chi connectivity index (χ4v) is 5.93. The maximum Gasteiger partial charge on any atom is 0.263 e. The zero-order valence-electron chi connectivity index (χ0n) is 17.2. The second kappa shape index (κ2) is 8.70. The van der Waals surface area contributed by atoms with Crippen LogP contribution in [0.3, 0.4) is 0 Å². The van der Waals surface area contributed by atoms with E-state index in [4.69, 9.17) is 14.5 Å². The first-order valence-electron chi connectivity index (χ1n) is 9.88. The highest BCUT2D eigenvalue weighted by Gasteiger charge is 2.24. The fourth-order valence-electron chi connectivity index (χ4n) is 3.81. The Labute approximate surface area is 183 Å². The maximum absolute atomic E-state index is 13.5. The number of hydrogen-bond donors (Lipinski definition) is 0.